The molecule has 0 spiro atoms. The summed E-state index contributed by atoms with van der Waals surface area (Å²) < 4.78 is 27.1. The van der Waals surface area contributed by atoms with E-state index in [1.165, 1.54) is 12.1 Å². The van der Waals surface area contributed by atoms with E-state index >= 15 is 0 Å². The van der Waals surface area contributed by atoms with Crippen LogP contribution < -0.4 is 4.90 Å². The van der Waals surface area contributed by atoms with Gasteiger partial charge in [-0.05, 0) is 30.8 Å². The van der Waals surface area contributed by atoms with Crippen molar-refractivity contribution in [2.45, 2.75) is 11.3 Å². The number of anilines is 1. The summed E-state index contributed by atoms with van der Waals surface area (Å²) in [6.07, 6.45) is -0.127. The molecule has 0 aliphatic carbocycles. The molecule has 2 heterocycles. The first-order valence-electron chi connectivity index (χ1n) is 10.3. The van der Waals surface area contributed by atoms with E-state index in [-0.39, 0.29) is 29.3 Å². The fraction of sp³-hybridized carbons (Fsp3) is 0.318. The van der Waals surface area contributed by atoms with E-state index in [1.54, 1.807) is 47.4 Å². The normalized spacial score (nSPS) is 17.8. The van der Waals surface area contributed by atoms with Crippen molar-refractivity contribution in [3.05, 3.63) is 60.2 Å². The van der Waals surface area contributed by atoms with Gasteiger partial charge in [0.2, 0.25) is 5.91 Å². The van der Waals surface area contributed by atoms with Gasteiger partial charge < -0.3 is 9.80 Å². The number of imide groups is 1. The van der Waals surface area contributed by atoms with Crippen LogP contribution in [0.15, 0.2) is 59.5 Å². The lowest BCUT2D eigenvalue weighted by Gasteiger charge is -2.32. The van der Waals surface area contributed by atoms with E-state index in [4.69, 9.17) is 0 Å². The van der Waals surface area contributed by atoms with Gasteiger partial charge in [-0.2, -0.15) is 0 Å². The molecule has 10 heteroatoms. The molecule has 2 aromatic rings. The summed E-state index contributed by atoms with van der Waals surface area (Å²) in [6, 6.07) is 13.5. The second kappa shape index (κ2) is 8.71. The molecule has 2 aromatic carbocycles. The maximum Gasteiger partial charge on any atom is 0.346 e. The van der Waals surface area contributed by atoms with E-state index in [2.05, 4.69) is 4.90 Å². The summed E-state index contributed by atoms with van der Waals surface area (Å²) in [4.78, 5) is 43.1. The van der Waals surface area contributed by atoms with Crippen LogP contribution in [0.5, 0.6) is 0 Å². The van der Waals surface area contributed by atoms with Gasteiger partial charge in [0.1, 0.15) is 6.54 Å². The van der Waals surface area contributed by atoms with E-state index < -0.39 is 22.0 Å². The van der Waals surface area contributed by atoms with Crippen molar-refractivity contribution in [1.29, 1.82) is 0 Å². The Balaban J connectivity index is 1.60. The lowest BCUT2D eigenvalue weighted by atomic mass is 10.1. The van der Waals surface area contributed by atoms with Crippen LogP contribution in [0.4, 0.5) is 10.5 Å². The largest absolute Gasteiger partial charge is 0.346 e. The Bertz CT molecular complexity index is 1140. The summed E-state index contributed by atoms with van der Waals surface area (Å²) in [7, 11) is -2.50. The molecule has 9 nitrogen and oxygen atoms in total. The van der Waals surface area contributed by atoms with Gasteiger partial charge in [0.15, 0.2) is 0 Å². The molecule has 0 atom stereocenters. The lowest BCUT2D eigenvalue weighted by Crippen LogP contribution is -2.47. The molecule has 168 valence electrons. The number of rotatable bonds is 5. The van der Waals surface area contributed by atoms with Gasteiger partial charge in [0.05, 0.1) is 11.3 Å². The Morgan fingerprint density at radius 1 is 0.906 bits per heavy atom. The zero-order valence-corrected chi connectivity index (χ0v) is 18.5. The Kier molecular flexibility index (Phi) is 5.98. The van der Waals surface area contributed by atoms with Gasteiger partial charge in [-0.15, -0.1) is 4.31 Å². The number of sulfonamides is 1. The summed E-state index contributed by atoms with van der Waals surface area (Å²) in [5.74, 6) is -1.02. The van der Waals surface area contributed by atoms with Crippen LogP contribution in [0.2, 0.25) is 0 Å². The number of urea groups is 1. The number of likely N-dealkylation sites (N-methyl/N-ethyl adjacent to an activating group) is 1. The molecular formula is C22H24N4O5S. The first-order valence-corrected chi connectivity index (χ1v) is 11.7. The average molecular weight is 457 g/mol. The SMILES string of the molecule is CN1CCN(C(=O)Cc2ccccc2S(=O)(=O)N2C(=O)CN(c3ccccc3)C2=O)CC1. The van der Waals surface area contributed by atoms with Crippen molar-refractivity contribution < 1.29 is 22.8 Å². The second-order valence-electron chi connectivity index (χ2n) is 7.84. The minimum Gasteiger partial charge on any atom is -0.340 e. The van der Waals surface area contributed by atoms with Crippen LogP contribution in [0.1, 0.15) is 5.56 Å². The molecule has 4 amide bonds. The predicted molar refractivity (Wildman–Crippen MR) is 117 cm³/mol. The minimum absolute atomic E-state index is 0.127. The smallest absolute Gasteiger partial charge is 0.340 e. The van der Waals surface area contributed by atoms with E-state index in [0.29, 0.717) is 23.1 Å². The average Bonchev–Trinajstić information content (AvgIpc) is 3.09. The summed E-state index contributed by atoms with van der Waals surface area (Å²) in [6.45, 7) is 2.26. The van der Waals surface area contributed by atoms with Crippen molar-refractivity contribution in [2.24, 2.45) is 0 Å². The van der Waals surface area contributed by atoms with Crippen molar-refractivity contribution in [1.82, 2.24) is 14.1 Å². The molecule has 2 fully saturated rings. The number of amides is 4. The van der Waals surface area contributed by atoms with Gasteiger partial charge in [-0.25, -0.2) is 13.2 Å². The van der Waals surface area contributed by atoms with Crippen LogP contribution in [-0.4, -0.2) is 80.1 Å². The topological polar surface area (TPSA) is 98.3 Å². The Morgan fingerprint density at radius 2 is 1.53 bits per heavy atom. The molecule has 0 aromatic heterocycles. The highest BCUT2D eigenvalue weighted by Crippen LogP contribution is 2.28. The van der Waals surface area contributed by atoms with E-state index in [0.717, 1.165) is 18.0 Å². The molecule has 0 unspecified atom stereocenters. The minimum atomic E-state index is -4.48. The molecule has 2 aliphatic heterocycles. The second-order valence-corrected chi connectivity index (χ2v) is 9.59. The van der Waals surface area contributed by atoms with Gasteiger partial charge in [-0.3, -0.25) is 14.5 Å². The number of hydrogen-bond acceptors (Lipinski definition) is 6. The van der Waals surface area contributed by atoms with Gasteiger partial charge in [0, 0.05) is 31.9 Å². The van der Waals surface area contributed by atoms with Gasteiger partial charge in [0.25, 0.3) is 15.9 Å². The number of benzene rings is 2. The van der Waals surface area contributed by atoms with E-state index in [9.17, 15) is 22.8 Å². The standard InChI is InChI=1S/C22H24N4O5S/c1-23-11-13-24(14-12-23)20(27)15-17-7-5-6-10-19(17)32(30,31)26-21(28)16-25(22(26)29)18-8-3-2-4-9-18/h2-10H,11-16H2,1H3. The lowest BCUT2D eigenvalue weighted by molar-refractivity contribution is -0.132. The number of carbonyl (C=O) groups is 3. The maximum atomic E-state index is 13.4. The maximum absolute atomic E-state index is 13.4. The van der Waals surface area contributed by atoms with E-state index in [1.807, 2.05) is 7.05 Å². The van der Waals surface area contributed by atoms with Crippen LogP contribution in [0.3, 0.4) is 0 Å². The Labute approximate surface area is 186 Å². The zero-order valence-electron chi connectivity index (χ0n) is 17.7. The van der Waals surface area contributed by atoms with Crippen molar-refractivity contribution in [3.63, 3.8) is 0 Å². The zero-order chi connectivity index (χ0) is 22.9. The summed E-state index contributed by atoms with van der Waals surface area (Å²) >= 11 is 0. The van der Waals surface area contributed by atoms with Crippen LogP contribution in [0.25, 0.3) is 0 Å². The number of piperazine rings is 1. The van der Waals surface area contributed by atoms with Crippen LogP contribution in [0, 0.1) is 0 Å². The first kappa shape index (κ1) is 22.0. The van der Waals surface area contributed by atoms with Crippen LogP contribution >= 0.6 is 0 Å². The highest BCUT2D eigenvalue weighted by Gasteiger charge is 2.46. The fourth-order valence-corrected chi connectivity index (χ4v) is 5.41. The fourth-order valence-electron chi connectivity index (χ4n) is 3.86. The monoisotopic (exact) mass is 456 g/mol. The third-order valence-corrected chi connectivity index (χ3v) is 7.48. The number of para-hydroxylation sites is 1. The molecule has 0 saturated carbocycles. The molecular weight excluding hydrogens is 432 g/mol. The van der Waals surface area contributed by atoms with Crippen molar-refractivity contribution >= 4 is 33.6 Å². The summed E-state index contributed by atoms with van der Waals surface area (Å²) in [5.41, 5.74) is 0.692. The van der Waals surface area contributed by atoms with Crippen molar-refractivity contribution in [2.75, 3.05) is 44.7 Å². The van der Waals surface area contributed by atoms with Gasteiger partial charge >= 0.3 is 6.03 Å². The third-order valence-electron chi connectivity index (χ3n) is 5.68. The number of hydrogen-bond donors (Lipinski definition) is 0. The van der Waals surface area contributed by atoms with Gasteiger partial charge in [-0.1, -0.05) is 36.4 Å². The predicted octanol–water partition coefficient (Wildman–Crippen LogP) is 1.16. The Morgan fingerprint density at radius 3 is 2.22 bits per heavy atom. The quantitative estimate of drug-likeness (QED) is 0.627. The Hall–Kier alpha value is -3.24. The highest BCUT2D eigenvalue weighted by atomic mass is 32.2. The van der Waals surface area contributed by atoms with Crippen LogP contribution in [-0.2, 0) is 26.0 Å². The molecule has 0 N–H and O–H groups in total. The number of nitrogens with zero attached hydrogens (tertiary/aromatic N) is 4. The molecule has 2 saturated heterocycles. The molecule has 4 rings (SSSR count). The molecule has 0 radical (unpaired) electrons. The molecule has 0 bridgehead atoms. The first-order chi connectivity index (χ1) is 15.3. The highest BCUT2D eigenvalue weighted by molar-refractivity contribution is 7.90. The summed E-state index contributed by atoms with van der Waals surface area (Å²) in [5, 5.41) is 0. The number of carbonyl (C=O) groups excluding carboxylic acids is 3. The molecule has 32 heavy (non-hydrogen) atoms. The molecule has 2 aliphatic rings. The van der Waals surface area contributed by atoms with Crippen molar-refractivity contribution in [3.8, 4) is 0 Å². The third kappa shape index (κ3) is 4.11.